The van der Waals surface area contributed by atoms with Crippen molar-refractivity contribution in [1.82, 2.24) is 4.98 Å². The number of anilines is 2. The van der Waals surface area contributed by atoms with Gasteiger partial charge in [-0.2, -0.15) is 0 Å². The smallest absolute Gasteiger partial charge is 0.115 e. The minimum absolute atomic E-state index is 0.245. The van der Waals surface area contributed by atoms with Gasteiger partial charge < -0.3 is 10.4 Å². The van der Waals surface area contributed by atoms with Gasteiger partial charge in [-0.15, -0.1) is 0 Å². The summed E-state index contributed by atoms with van der Waals surface area (Å²) < 4.78 is 0. The monoisotopic (exact) mass is 284 g/mol. The van der Waals surface area contributed by atoms with Gasteiger partial charge >= 0.3 is 0 Å². The number of halogens is 1. The third-order valence-corrected chi connectivity index (χ3v) is 3.37. The van der Waals surface area contributed by atoms with E-state index in [4.69, 9.17) is 11.6 Å². The van der Waals surface area contributed by atoms with Crippen LogP contribution in [0.4, 0.5) is 11.4 Å². The lowest BCUT2D eigenvalue weighted by atomic mass is 10.1. The Morgan fingerprint density at radius 1 is 1.10 bits per heavy atom. The number of hydrogen-bond acceptors (Lipinski definition) is 3. The molecule has 0 fully saturated rings. The number of hydrogen-bond donors (Lipinski definition) is 2. The predicted molar refractivity (Wildman–Crippen MR) is 82.9 cm³/mol. The molecular formula is C16H13ClN2O. The third-order valence-electron chi connectivity index (χ3n) is 3.06. The Hall–Kier alpha value is -2.26. The second kappa shape index (κ2) is 5.02. The number of rotatable bonds is 2. The van der Waals surface area contributed by atoms with E-state index in [0.717, 1.165) is 28.0 Å². The maximum Gasteiger partial charge on any atom is 0.115 e. The first-order chi connectivity index (χ1) is 9.63. The van der Waals surface area contributed by atoms with E-state index in [1.807, 2.05) is 43.3 Å². The number of benzene rings is 2. The Kier molecular flexibility index (Phi) is 3.20. The first-order valence-corrected chi connectivity index (χ1v) is 6.63. The fourth-order valence-corrected chi connectivity index (χ4v) is 2.36. The number of pyridine rings is 1. The van der Waals surface area contributed by atoms with E-state index in [-0.39, 0.29) is 5.75 Å². The molecule has 0 aliphatic rings. The molecule has 0 saturated carbocycles. The second-order valence-corrected chi connectivity index (χ2v) is 5.03. The number of aromatic nitrogens is 1. The molecule has 0 aliphatic heterocycles. The van der Waals surface area contributed by atoms with E-state index in [0.29, 0.717) is 5.02 Å². The Bertz CT molecular complexity index is 769. The average Bonchev–Trinajstić information content (AvgIpc) is 2.42. The topological polar surface area (TPSA) is 45.1 Å². The molecule has 0 aliphatic carbocycles. The van der Waals surface area contributed by atoms with Gasteiger partial charge in [0.05, 0.1) is 10.5 Å². The molecule has 1 heterocycles. The van der Waals surface area contributed by atoms with Crippen molar-refractivity contribution in [2.75, 3.05) is 5.32 Å². The second-order valence-electron chi connectivity index (χ2n) is 4.62. The number of nitrogens with one attached hydrogen (secondary N) is 1. The van der Waals surface area contributed by atoms with Gasteiger partial charge in [-0.3, -0.25) is 4.98 Å². The van der Waals surface area contributed by atoms with Crippen LogP contribution < -0.4 is 5.32 Å². The van der Waals surface area contributed by atoms with Gasteiger partial charge in [-0.25, -0.2) is 0 Å². The minimum atomic E-state index is 0.245. The highest BCUT2D eigenvalue weighted by Crippen LogP contribution is 2.30. The molecule has 0 unspecified atom stereocenters. The Morgan fingerprint density at radius 2 is 1.85 bits per heavy atom. The summed E-state index contributed by atoms with van der Waals surface area (Å²) in [4.78, 5) is 4.48. The lowest BCUT2D eigenvalue weighted by Crippen LogP contribution is -1.94. The van der Waals surface area contributed by atoms with Gasteiger partial charge in [0.2, 0.25) is 0 Å². The van der Waals surface area contributed by atoms with Crippen LogP contribution in [0.25, 0.3) is 10.9 Å². The largest absolute Gasteiger partial charge is 0.508 e. The summed E-state index contributed by atoms with van der Waals surface area (Å²) in [6.07, 6.45) is 0. The molecule has 0 radical (unpaired) electrons. The lowest BCUT2D eigenvalue weighted by molar-refractivity contribution is 0.475. The molecule has 2 aromatic carbocycles. The highest BCUT2D eigenvalue weighted by Gasteiger charge is 2.07. The van der Waals surface area contributed by atoms with Crippen molar-refractivity contribution in [3.05, 3.63) is 59.2 Å². The van der Waals surface area contributed by atoms with Crippen LogP contribution in [0.5, 0.6) is 5.75 Å². The average molecular weight is 285 g/mol. The van der Waals surface area contributed by atoms with Gasteiger partial charge in [0.15, 0.2) is 0 Å². The first-order valence-electron chi connectivity index (χ1n) is 6.25. The number of fused-ring (bicyclic) bond motifs is 1. The molecule has 0 bridgehead atoms. The molecule has 0 amide bonds. The summed E-state index contributed by atoms with van der Waals surface area (Å²) in [7, 11) is 0. The van der Waals surface area contributed by atoms with Crippen LogP contribution in [0.15, 0.2) is 48.5 Å². The van der Waals surface area contributed by atoms with Gasteiger partial charge in [-0.1, -0.05) is 23.7 Å². The molecule has 3 rings (SSSR count). The maximum absolute atomic E-state index is 9.32. The van der Waals surface area contributed by atoms with Crippen molar-refractivity contribution in [3.63, 3.8) is 0 Å². The van der Waals surface area contributed by atoms with E-state index >= 15 is 0 Å². The molecule has 3 aromatic rings. The summed E-state index contributed by atoms with van der Waals surface area (Å²) in [5, 5.41) is 14.3. The summed E-state index contributed by atoms with van der Waals surface area (Å²) >= 11 is 6.20. The zero-order chi connectivity index (χ0) is 14.1. The van der Waals surface area contributed by atoms with Crippen LogP contribution in [0.3, 0.4) is 0 Å². The molecule has 3 nitrogen and oxygen atoms in total. The van der Waals surface area contributed by atoms with Gasteiger partial charge in [0.25, 0.3) is 0 Å². The van der Waals surface area contributed by atoms with Crippen LogP contribution in [-0.2, 0) is 0 Å². The van der Waals surface area contributed by atoms with Crippen LogP contribution in [0.1, 0.15) is 5.69 Å². The number of para-hydroxylation sites is 1. The van der Waals surface area contributed by atoms with Crippen molar-refractivity contribution in [2.24, 2.45) is 0 Å². The van der Waals surface area contributed by atoms with E-state index in [9.17, 15) is 5.11 Å². The lowest BCUT2D eigenvalue weighted by Gasteiger charge is -2.11. The third kappa shape index (κ3) is 2.40. The molecule has 2 N–H and O–H groups in total. The Morgan fingerprint density at radius 3 is 2.60 bits per heavy atom. The number of phenolic OH excluding ortho intramolecular Hbond substituents is 1. The normalized spacial score (nSPS) is 10.7. The van der Waals surface area contributed by atoms with E-state index in [1.165, 1.54) is 0 Å². The van der Waals surface area contributed by atoms with Gasteiger partial charge in [0, 0.05) is 22.5 Å². The van der Waals surface area contributed by atoms with Crippen molar-refractivity contribution in [3.8, 4) is 5.75 Å². The molecule has 100 valence electrons. The van der Waals surface area contributed by atoms with Crippen molar-refractivity contribution in [2.45, 2.75) is 6.92 Å². The van der Waals surface area contributed by atoms with E-state index in [2.05, 4.69) is 10.3 Å². The summed E-state index contributed by atoms with van der Waals surface area (Å²) in [6.45, 7) is 1.94. The molecular weight excluding hydrogens is 272 g/mol. The van der Waals surface area contributed by atoms with Crippen molar-refractivity contribution >= 4 is 33.9 Å². The molecule has 0 saturated heterocycles. The first kappa shape index (κ1) is 12.8. The summed E-state index contributed by atoms with van der Waals surface area (Å²) in [5.74, 6) is 0.245. The zero-order valence-corrected chi connectivity index (χ0v) is 11.6. The SMILES string of the molecule is Cc1cc(Nc2ccc(O)cc2)c2cccc(Cl)c2n1. The fraction of sp³-hybridized carbons (Fsp3) is 0.0625. The minimum Gasteiger partial charge on any atom is -0.508 e. The van der Waals surface area contributed by atoms with Crippen molar-refractivity contribution in [1.29, 1.82) is 0 Å². The molecule has 20 heavy (non-hydrogen) atoms. The summed E-state index contributed by atoms with van der Waals surface area (Å²) in [5.41, 5.74) is 3.53. The van der Waals surface area contributed by atoms with Crippen LogP contribution in [0, 0.1) is 6.92 Å². The zero-order valence-electron chi connectivity index (χ0n) is 10.9. The highest BCUT2D eigenvalue weighted by molar-refractivity contribution is 6.35. The van der Waals surface area contributed by atoms with E-state index < -0.39 is 0 Å². The predicted octanol–water partition coefficient (Wildman–Crippen LogP) is 4.65. The standard InChI is InChI=1S/C16H13ClN2O/c1-10-9-15(19-11-5-7-12(20)8-6-11)13-3-2-4-14(17)16(13)18-10/h2-9,20H,1H3,(H,18,19). The Balaban J connectivity index is 2.11. The highest BCUT2D eigenvalue weighted by atomic mass is 35.5. The summed E-state index contributed by atoms with van der Waals surface area (Å²) in [6, 6.07) is 14.6. The van der Waals surface area contributed by atoms with Crippen molar-refractivity contribution < 1.29 is 5.11 Å². The maximum atomic E-state index is 9.32. The number of nitrogens with zero attached hydrogens (tertiary/aromatic N) is 1. The Labute approximate surface area is 121 Å². The van der Waals surface area contributed by atoms with E-state index in [1.54, 1.807) is 12.1 Å². The number of aryl methyl sites for hydroxylation is 1. The fourth-order valence-electron chi connectivity index (χ4n) is 2.15. The molecule has 0 spiro atoms. The molecule has 1 aromatic heterocycles. The van der Waals surface area contributed by atoms with Crippen LogP contribution in [0.2, 0.25) is 5.02 Å². The van der Waals surface area contributed by atoms with Crippen LogP contribution >= 0.6 is 11.6 Å². The number of phenols is 1. The molecule has 4 heteroatoms. The number of aromatic hydroxyl groups is 1. The van der Waals surface area contributed by atoms with Gasteiger partial charge in [0.1, 0.15) is 5.75 Å². The van der Waals surface area contributed by atoms with Gasteiger partial charge in [-0.05, 0) is 43.3 Å². The quantitative estimate of drug-likeness (QED) is 0.674. The van der Waals surface area contributed by atoms with Crippen LogP contribution in [-0.4, -0.2) is 10.1 Å². The molecule has 0 atom stereocenters.